The maximum atomic E-state index is 12.0. The number of carboxylic acids is 1. The van der Waals surface area contributed by atoms with Gasteiger partial charge in [-0.25, -0.2) is 9.59 Å². The first kappa shape index (κ1) is 15.4. The number of nitrogens with one attached hydrogen (secondary N) is 2. The van der Waals surface area contributed by atoms with Gasteiger partial charge in [-0.3, -0.25) is 0 Å². The highest BCUT2D eigenvalue weighted by molar-refractivity contribution is 6.01. The Morgan fingerprint density at radius 3 is 2.45 bits per heavy atom. The van der Waals surface area contributed by atoms with Crippen LogP contribution in [0.25, 0.3) is 0 Å². The molecule has 0 spiro atoms. The molecule has 114 valence electrons. The van der Waals surface area contributed by atoms with Gasteiger partial charge in [0, 0.05) is 17.4 Å². The van der Waals surface area contributed by atoms with Crippen molar-refractivity contribution in [2.24, 2.45) is 0 Å². The van der Waals surface area contributed by atoms with E-state index in [9.17, 15) is 14.7 Å². The molecule has 0 aliphatic rings. The number of benzene rings is 2. The Kier molecular flexibility index (Phi) is 4.63. The normalized spacial score (nSPS) is 10.0. The van der Waals surface area contributed by atoms with Gasteiger partial charge in [0.05, 0.1) is 0 Å². The number of carboxylic acid groups (broad SMARTS) is 1. The lowest BCUT2D eigenvalue weighted by Crippen LogP contribution is -2.20. The highest BCUT2D eigenvalue weighted by atomic mass is 16.4. The SMILES string of the molecule is CCc1ccccc1NC(=O)Nc1ccc(C(=O)O)c(O)c1. The van der Waals surface area contributed by atoms with E-state index in [0.29, 0.717) is 11.4 Å². The van der Waals surface area contributed by atoms with Crippen LogP contribution in [0.3, 0.4) is 0 Å². The molecule has 22 heavy (non-hydrogen) atoms. The fraction of sp³-hybridized carbons (Fsp3) is 0.125. The van der Waals surface area contributed by atoms with Crippen LogP contribution in [0.4, 0.5) is 16.2 Å². The second-order valence-corrected chi connectivity index (χ2v) is 4.63. The molecule has 0 unspecified atom stereocenters. The third kappa shape index (κ3) is 3.54. The minimum Gasteiger partial charge on any atom is -0.507 e. The number of aromatic carboxylic acids is 1. The number of hydrogen-bond acceptors (Lipinski definition) is 3. The predicted octanol–water partition coefficient (Wildman–Crippen LogP) is 3.30. The standard InChI is InChI=1S/C16H16N2O4/c1-2-10-5-3-4-6-13(10)18-16(22)17-11-7-8-12(15(20)21)14(19)9-11/h3-9,19H,2H2,1H3,(H,20,21)(H2,17,18,22). The first-order valence-corrected chi connectivity index (χ1v) is 6.73. The number of hydrogen-bond donors (Lipinski definition) is 4. The Labute approximate surface area is 127 Å². The van der Waals surface area contributed by atoms with Crippen molar-refractivity contribution < 1.29 is 19.8 Å². The van der Waals surface area contributed by atoms with Crippen LogP contribution < -0.4 is 10.6 Å². The number of carbonyl (C=O) groups is 2. The summed E-state index contributed by atoms with van der Waals surface area (Å²) < 4.78 is 0. The Morgan fingerprint density at radius 1 is 1.09 bits per heavy atom. The summed E-state index contributed by atoms with van der Waals surface area (Å²) in [4.78, 5) is 22.8. The van der Waals surface area contributed by atoms with Crippen LogP contribution >= 0.6 is 0 Å². The molecule has 0 heterocycles. The van der Waals surface area contributed by atoms with Crippen molar-refractivity contribution in [1.29, 1.82) is 0 Å². The summed E-state index contributed by atoms with van der Waals surface area (Å²) in [5, 5.41) is 23.7. The van der Waals surface area contributed by atoms with Crippen molar-refractivity contribution in [2.75, 3.05) is 10.6 Å². The lowest BCUT2D eigenvalue weighted by molar-refractivity contribution is 0.0694. The van der Waals surface area contributed by atoms with Crippen LogP contribution in [0, 0.1) is 0 Å². The molecule has 4 N–H and O–H groups in total. The maximum absolute atomic E-state index is 12.0. The molecule has 0 fully saturated rings. The van der Waals surface area contributed by atoms with E-state index in [1.165, 1.54) is 18.2 Å². The second kappa shape index (κ2) is 6.62. The van der Waals surface area contributed by atoms with Crippen molar-refractivity contribution in [3.05, 3.63) is 53.6 Å². The molecule has 0 saturated carbocycles. The van der Waals surface area contributed by atoms with Gasteiger partial charge in [-0.1, -0.05) is 25.1 Å². The number of amides is 2. The molecule has 2 amide bonds. The summed E-state index contributed by atoms with van der Waals surface area (Å²) in [6, 6.07) is 10.8. The first-order chi connectivity index (χ1) is 10.5. The molecule has 0 aliphatic heterocycles. The minimum absolute atomic E-state index is 0.220. The first-order valence-electron chi connectivity index (χ1n) is 6.73. The van der Waals surface area contributed by atoms with Crippen LogP contribution in [0.5, 0.6) is 5.75 Å². The van der Waals surface area contributed by atoms with E-state index in [1.54, 1.807) is 6.07 Å². The zero-order valence-corrected chi connectivity index (χ0v) is 12.0. The quantitative estimate of drug-likeness (QED) is 0.696. The van der Waals surface area contributed by atoms with Crippen molar-refractivity contribution in [3.8, 4) is 5.75 Å². The maximum Gasteiger partial charge on any atom is 0.339 e. The molecule has 0 bridgehead atoms. The molecule has 0 atom stereocenters. The van der Waals surface area contributed by atoms with Crippen LogP contribution in [0.1, 0.15) is 22.8 Å². The van der Waals surface area contributed by atoms with Gasteiger partial charge in [0.1, 0.15) is 11.3 Å². The largest absolute Gasteiger partial charge is 0.507 e. The zero-order valence-electron chi connectivity index (χ0n) is 12.0. The number of rotatable bonds is 4. The van der Waals surface area contributed by atoms with Crippen molar-refractivity contribution >= 4 is 23.4 Å². The van der Waals surface area contributed by atoms with E-state index in [-0.39, 0.29) is 5.56 Å². The Morgan fingerprint density at radius 2 is 1.82 bits per heavy atom. The van der Waals surface area contributed by atoms with E-state index in [0.717, 1.165) is 12.0 Å². The molecule has 0 saturated heterocycles. The molecule has 0 aliphatic carbocycles. The molecule has 0 radical (unpaired) electrons. The van der Waals surface area contributed by atoms with Crippen LogP contribution in [0.2, 0.25) is 0 Å². The fourth-order valence-electron chi connectivity index (χ4n) is 2.03. The molecule has 6 heteroatoms. The fourth-order valence-corrected chi connectivity index (χ4v) is 2.03. The van der Waals surface area contributed by atoms with Crippen molar-refractivity contribution in [1.82, 2.24) is 0 Å². The molecule has 0 aromatic heterocycles. The predicted molar refractivity (Wildman–Crippen MR) is 83.5 cm³/mol. The Hall–Kier alpha value is -3.02. The summed E-state index contributed by atoms with van der Waals surface area (Å²) in [5.41, 5.74) is 1.78. The van der Waals surface area contributed by atoms with E-state index in [1.807, 2.05) is 25.1 Å². The van der Waals surface area contributed by atoms with Gasteiger partial charge >= 0.3 is 12.0 Å². The lowest BCUT2D eigenvalue weighted by atomic mass is 10.1. The van der Waals surface area contributed by atoms with E-state index < -0.39 is 17.7 Å². The Bertz CT molecular complexity index is 713. The van der Waals surface area contributed by atoms with Crippen LogP contribution in [0.15, 0.2) is 42.5 Å². The van der Waals surface area contributed by atoms with E-state index in [2.05, 4.69) is 10.6 Å². The number of urea groups is 1. The highest BCUT2D eigenvalue weighted by Crippen LogP contribution is 2.22. The topological polar surface area (TPSA) is 98.7 Å². The summed E-state index contributed by atoms with van der Waals surface area (Å²) in [7, 11) is 0. The smallest absolute Gasteiger partial charge is 0.339 e. The average molecular weight is 300 g/mol. The number of anilines is 2. The lowest BCUT2D eigenvalue weighted by Gasteiger charge is -2.11. The summed E-state index contributed by atoms with van der Waals surface area (Å²) in [5.74, 6) is -1.63. The van der Waals surface area contributed by atoms with Gasteiger partial charge in [-0.05, 0) is 30.2 Å². The molecular formula is C16H16N2O4. The number of aryl methyl sites for hydroxylation is 1. The zero-order chi connectivity index (χ0) is 16.1. The van der Waals surface area contributed by atoms with Gasteiger partial charge in [0.15, 0.2) is 0 Å². The molecule has 2 aromatic rings. The average Bonchev–Trinajstić information content (AvgIpc) is 2.47. The molecule has 6 nitrogen and oxygen atoms in total. The van der Waals surface area contributed by atoms with Gasteiger partial charge in [0.2, 0.25) is 0 Å². The second-order valence-electron chi connectivity index (χ2n) is 4.63. The summed E-state index contributed by atoms with van der Waals surface area (Å²) >= 11 is 0. The summed E-state index contributed by atoms with van der Waals surface area (Å²) in [6.07, 6.45) is 0.782. The van der Waals surface area contributed by atoms with Crippen LogP contribution in [-0.2, 0) is 6.42 Å². The minimum atomic E-state index is -1.23. The molecule has 2 rings (SSSR count). The van der Waals surface area contributed by atoms with Gasteiger partial charge in [-0.2, -0.15) is 0 Å². The molecular weight excluding hydrogens is 284 g/mol. The van der Waals surface area contributed by atoms with E-state index in [4.69, 9.17) is 5.11 Å². The number of para-hydroxylation sites is 1. The van der Waals surface area contributed by atoms with Crippen molar-refractivity contribution in [2.45, 2.75) is 13.3 Å². The number of carbonyl (C=O) groups excluding carboxylic acids is 1. The third-order valence-electron chi connectivity index (χ3n) is 3.13. The van der Waals surface area contributed by atoms with Crippen LogP contribution in [-0.4, -0.2) is 22.2 Å². The molecule has 2 aromatic carbocycles. The van der Waals surface area contributed by atoms with Crippen molar-refractivity contribution in [3.63, 3.8) is 0 Å². The van der Waals surface area contributed by atoms with Gasteiger partial charge < -0.3 is 20.8 Å². The highest BCUT2D eigenvalue weighted by Gasteiger charge is 2.11. The monoisotopic (exact) mass is 300 g/mol. The third-order valence-corrected chi connectivity index (χ3v) is 3.13. The number of aromatic hydroxyl groups is 1. The van der Waals surface area contributed by atoms with Gasteiger partial charge in [-0.15, -0.1) is 0 Å². The van der Waals surface area contributed by atoms with E-state index >= 15 is 0 Å². The van der Waals surface area contributed by atoms with Gasteiger partial charge in [0.25, 0.3) is 0 Å². The Balaban J connectivity index is 2.09. The number of phenols is 1. The summed E-state index contributed by atoms with van der Waals surface area (Å²) in [6.45, 7) is 1.99.